The Morgan fingerprint density at radius 1 is 1.45 bits per heavy atom. The van der Waals surface area contributed by atoms with Crippen LogP contribution in [0.2, 0.25) is 0 Å². The van der Waals surface area contributed by atoms with E-state index in [0.29, 0.717) is 0 Å². The van der Waals surface area contributed by atoms with Crippen molar-refractivity contribution in [2.45, 2.75) is 13.8 Å². The van der Waals surface area contributed by atoms with Gasteiger partial charge in [-0.1, -0.05) is 19.9 Å². The number of halogens is 2. The van der Waals surface area contributed by atoms with Gasteiger partial charge in [0, 0.05) is 22.2 Å². The maximum atomic E-state index is 11.1. The maximum Gasteiger partial charge on any atom is 0.287 e. The Morgan fingerprint density at radius 2 is 2.05 bits per heavy atom. The number of nitro groups is 1. The molecular weight excluding hydrogens is 374 g/mol. The lowest BCUT2D eigenvalue weighted by Gasteiger charge is -2.23. The third-order valence-electron chi connectivity index (χ3n) is 2.32. The van der Waals surface area contributed by atoms with Gasteiger partial charge < -0.3 is 4.74 Å². The molecule has 9 heteroatoms. The molecule has 112 valence electrons. The van der Waals surface area contributed by atoms with Crippen LogP contribution in [0, 0.1) is 15.5 Å². The van der Waals surface area contributed by atoms with E-state index in [1.54, 1.807) is 19.9 Å². The van der Waals surface area contributed by atoms with Gasteiger partial charge in [-0.15, -0.1) is 0 Å². The largest absolute Gasteiger partial charge is 0.492 e. The summed E-state index contributed by atoms with van der Waals surface area (Å²) in [5.41, 5.74) is -0.838. The van der Waals surface area contributed by atoms with E-state index in [9.17, 15) is 18.5 Å². The number of hydrogen-bond donors (Lipinski definition) is 0. The van der Waals surface area contributed by atoms with Crippen LogP contribution in [0.5, 0.6) is 5.75 Å². The highest BCUT2D eigenvalue weighted by molar-refractivity contribution is 9.10. The average molecular weight is 387 g/mol. The van der Waals surface area contributed by atoms with E-state index in [1.165, 1.54) is 12.1 Å². The molecule has 0 aliphatic carbocycles. The number of benzene rings is 1. The van der Waals surface area contributed by atoms with Crippen LogP contribution in [0.3, 0.4) is 0 Å². The Hall–Kier alpha value is -0.860. The molecule has 1 rings (SSSR count). The van der Waals surface area contributed by atoms with Gasteiger partial charge in [-0.25, -0.2) is 8.42 Å². The number of nitro benzene ring substituents is 1. The van der Waals surface area contributed by atoms with Crippen molar-refractivity contribution in [2.75, 3.05) is 12.4 Å². The number of hydrogen-bond acceptors (Lipinski definition) is 5. The van der Waals surface area contributed by atoms with Gasteiger partial charge >= 0.3 is 0 Å². The number of ether oxygens (including phenoxy) is 1. The second kappa shape index (κ2) is 6.28. The van der Waals surface area contributed by atoms with Crippen molar-refractivity contribution < 1.29 is 18.1 Å². The van der Waals surface area contributed by atoms with E-state index < -0.39 is 19.4 Å². The van der Waals surface area contributed by atoms with Crippen LogP contribution in [0.1, 0.15) is 13.8 Å². The summed E-state index contributed by atoms with van der Waals surface area (Å²) in [5.74, 6) is 0.0212. The molecule has 0 saturated carbocycles. The van der Waals surface area contributed by atoms with E-state index in [2.05, 4.69) is 15.9 Å². The van der Waals surface area contributed by atoms with Crippen molar-refractivity contribution in [1.82, 2.24) is 0 Å². The number of nitrogens with zero attached hydrogens (tertiary/aromatic N) is 1. The molecule has 1 aromatic rings. The van der Waals surface area contributed by atoms with Crippen LogP contribution in [0.25, 0.3) is 0 Å². The Balaban J connectivity index is 2.85. The second-order valence-corrected chi connectivity index (χ2v) is 8.55. The van der Waals surface area contributed by atoms with Gasteiger partial charge in [0.1, 0.15) is 10.2 Å². The molecule has 0 aliphatic rings. The minimum Gasteiger partial charge on any atom is -0.492 e. The topological polar surface area (TPSA) is 86.5 Å². The van der Waals surface area contributed by atoms with Gasteiger partial charge in [0.05, 0.1) is 17.3 Å². The highest BCUT2D eigenvalue weighted by atomic mass is 79.9. The number of rotatable bonds is 6. The summed E-state index contributed by atoms with van der Waals surface area (Å²) in [7, 11) is 1.57. The molecular formula is C11H13BrClNO5S. The molecule has 1 aromatic carbocycles. The summed E-state index contributed by atoms with van der Waals surface area (Å²) in [6, 6.07) is 4.39. The van der Waals surface area contributed by atoms with Crippen molar-refractivity contribution in [2.24, 2.45) is 5.41 Å². The Kier molecular flexibility index (Phi) is 5.39. The Bertz CT molecular complexity index is 617. The first-order valence-corrected chi connectivity index (χ1v) is 8.77. The summed E-state index contributed by atoms with van der Waals surface area (Å²) >= 11 is 3.10. The third kappa shape index (κ3) is 5.26. The minimum atomic E-state index is -3.65. The summed E-state index contributed by atoms with van der Waals surface area (Å²) in [5, 5.41) is 10.8. The second-order valence-electron chi connectivity index (χ2n) is 4.98. The maximum absolute atomic E-state index is 11.1. The summed E-state index contributed by atoms with van der Waals surface area (Å²) in [4.78, 5) is 10.2. The average Bonchev–Trinajstić information content (AvgIpc) is 2.24. The van der Waals surface area contributed by atoms with Gasteiger partial charge in [0.2, 0.25) is 9.05 Å². The van der Waals surface area contributed by atoms with Crippen molar-refractivity contribution in [3.63, 3.8) is 0 Å². The zero-order valence-corrected chi connectivity index (χ0v) is 14.0. The van der Waals surface area contributed by atoms with Crippen LogP contribution in [0.15, 0.2) is 22.7 Å². The fraction of sp³-hybridized carbons (Fsp3) is 0.455. The van der Waals surface area contributed by atoms with Crippen molar-refractivity contribution in [3.8, 4) is 5.75 Å². The fourth-order valence-electron chi connectivity index (χ4n) is 1.53. The monoisotopic (exact) mass is 385 g/mol. The van der Waals surface area contributed by atoms with Gasteiger partial charge in [0.25, 0.3) is 5.69 Å². The standard InChI is InChI=1S/C11H13BrClNO5S/c1-11(2,7-20(13,17)18)6-19-9-5-3-4-8(10(9)12)14(15)16/h3-5H,6-7H2,1-2H3. The Labute approximate surface area is 129 Å². The molecule has 0 N–H and O–H groups in total. The third-order valence-corrected chi connectivity index (χ3v) is 4.57. The lowest BCUT2D eigenvalue weighted by atomic mass is 9.98. The predicted molar refractivity (Wildman–Crippen MR) is 79.7 cm³/mol. The lowest BCUT2D eigenvalue weighted by Crippen LogP contribution is -2.28. The molecule has 0 bridgehead atoms. The van der Waals surface area contributed by atoms with E-state index in [1.807, 2.05) is 0 Å². The molecule has 0 aliphatic heterocycles. The minimum absolute atomic E-state index is 0.0543. The molecule has 6 nitrogen and oxygen atoms in total. The van der Waals surface area contributed by atoms with Gasteiger partial charge in [-0.2, -0.15) is 0 Å². The zero-order chi connectivity index (χ0) is 15.6. The molecule has 0 atom stereocenters. The molecule has 0 saturated heterocycles. The molecule has 0 unspecified atom stereocenters. The van der Waals surface area contributed by atoms with Gasteiger partial charge in [-0.05, 0) is 22.0 Å². The summed E-state index contributed by atoms with van der Waals surface area (Å²) in [6.07, 6.45) is 0. The SMILES string of the molecule is CC(C)(COc1cccc([N+](=O)[O-])c1Br)CS(=O)(=O)Cl. The summed E-state index contributed by atoms with van der Waals surface area (Å²) in [6.45, 7) is 3.41. The molecule has 0 radical (unpaired) electrons. The molecule has 20 heavy (non-hydrogen) atoms. The molecule has 0 fully saturated rings. The van der Waals surface area contributed by atoms with Gasteiger partial charge in [-0.3, -0.25) is 10.1 Å². The predicted octanol–water partition coefficient (Wildman–Crippen LogP) is 3.33. The van der Waals surface area contributed by atoms with Crippen molar-refractivity contribution >= 4 is 41.4 Å². The van der Waals surface area contributed by atoms with E-state index in [4.69, 9.17) is 15.4 Å². The van der Waals surface area contributed by atoms with Crippen molar-refractivity contribution in [3.05, 3.63) is 32.8 Å². The van der Waals surface area contributed by atoms with Crippen LogP contribution < -0.4 is 4.74 Å². The van der Waals surface area contributed by atoms with E-state index >= 15 is 0 Å². The van der Waals surface area contributed by atoms with Crippen LogP contribution in [-0.4, -0.2) is 25.7 Å². The van der Waals surface area contributed by atoms with Crippen LogP contribution in [-0.2, 0) is 9.05 Å². The summed E-state index contributed by atoms with van der Waals surface area (Å²) < 4.78 is 27.8. The highest BCUT2D eigenvalue weighted by Crippen LogP contribution is 2.34. The van der Waals surface area contributed by atoms with E-state index in [-0.39, 0.29) is 28.3 Å². The quantitative estimate of drug-likeness (QED) is 0.425. The van der Waals surface area contributed by atoms with E-state index in [0.717, 1.165) is 0 Å². The lowest BCUT2D eigenvalue weighted by molar-refractivity contribution is -0.385. The van der Waals surface area contributed by atoms with Crippen LogP contribution >= 0.6 is 26.6 Å². The van der Waals surface area contributed by atoms with Crippen molar-refractivity contribution in [1.29, 1.82) is 0 Å². The Morgan fingerprint density at radius 3 is 2.55 bits per heavy atom. The van der Waals surface area contributed by atoms with Crippen LogP contribution in [0.4, 0.5) is 5.69 Å². The van der Waals surface area contributed by atoms with Gasteiger partial charge in [0.15, 0.2) is 0 Å². The first-order chi connectivity index (χ1) is 9.02. The highest BCUT2D eigenvalue weighted by Gasteiger charge is 2.27. The normalized spacial score (nSPS) is 12.2. The molecule has 0 spiro atoms. The first-order valence-electron chi connectivity index (χ1n) is 5.50. The molecule has 0 amide bonds. The fourth-order valence-corrected chi connectivity index (χ4v) is 3.96. The smallest absolute Gasteiger partial charge is 0.287 e. The molecule has 0 heterocycles. The first kappa shape index (κ1) is 17.2. The zero-order valence-electron chi connectivity index (χ0n) is 10.8. The molecule has 0 aromatic heterocycles.